The average molecular weight is 540 g/mol. The summed E-state index contributed by atoms with van der Waals surface area (Å²) in [5, 5.41) is 20.7. The zero-order chi connectivity index (χ0) is 30.1. The molecule has 0 saturated carbocycles. The molecule has 2 atom stereocenters. The molecule has 2 unspecified atom stereocenters. The molecule has 0 aliphatic rings. The van der Waals surface area contributed by atoms with E-state index in [1.54, 1.807) is 0 Å². The lowest BCUT2D eigenvalue weighted by Crippen LogP contribution is -2.51. The Labute approximate surface area is 235 Å². The first-order chi connectivity index (χ1) is 17.8. The van der Waals surface area contributed by atoms with E-state index >= 15 is 0 Å². The molecule has 2 aromatic carbocycles. The van der Waals surface area contributed by atoms with Crippen molar-refractivity contribution in [2.24, 2.45) is 5.41 Å². The van der Waals surface area contributed by atoms with Crippen LogP contribution in [0, 0.1) is 19.3 Å². The summed E-state index contributed by atoms with van der Waals surface area (Å²) in [6, 6.07) is 12.1. The smallest absolute Gasteiger partial charge is 0.329 e. The maximum absolute atomic E-state index is 13.2. The normalized spacial score (nSPS) is 14.9. The Hall–Kier alpha value is -2.86. The molecule has 0 heterocycles. The van der Waals surface area contributed by atoms with Gasteiger partial charge < -0.3 is 19.8 Å². The minimum atomic E-state index is -1.32. The van der Waals surface area contributed by atoms with Gasteiger partial charge in [-0.3, -0.25) is 4.79 Å². The van der Waals surface area contributed by atoms with Crippen LogP contribution in [0.1, 0.15) is 108 Å². The van der Waals surface area contributed by atoms with Crippen LogP contribution in [0.5, 0.6) is 5.75 Å². The van der Waals surface area contributed by atoms with Crippen LogP contribution < -0.4 is 4.74 Å². The Bertz CT molecular complexity index is 1200. The number of nitrogens with zero attached hydrogens (tertiary/aromatic N) is 1. The first-order valence-electron chi connectivity index (χ1n) is 13.9. The number of aryl methyl sites for hydroxylation is 2. The number of benzene rings is 2. The van der Waals surface area contributed by atoms with Crippen LogP contribution in [0.15, 0.2) is 36.4 Å². The Morgan fingerprint density at radius 1 is 0.897 bits per heavy atom. The van der Waals surface area contributed by atoms with Gasteiger partial charge in [-0.25, -0.2) is 4.79 Å². The minimum absolute atomic E-state index is 0.273. The number of carboxylic acid groups (broad SMARTS) is 1. The molecule has 1 amide bonds. The summed E-state index contributed by atoms with van der Waals surface area (Å²) >= 11 is 0. The number of aliphatic carboxylic acids is 1. The molecule has 2 N–H and O–H groups in total. The molecular weight excluding hydrogens is 490 g/mol. The van der Waals surface area contributed by atoms with Crippen molar-refractivity contribution in [2.75, 3.05) is 7.05 Å². The van der Waals surface area contributed by atoms with Crippen molar-refractivity contribution in [3.8, 4) is 5.75 Å². The lowest BCUT2D eigenvalue weighted by atomic mass is 9.69. The van der Waals surface area contributed by atoms with Gasteiger partial charge in [-0.05, 0) is 94.2 Å². The molecule has 0 spiro atoms. The van der Waals surface area contributed by atoms with Crippen molar-refractivity contribution in [1.29, 1.82) is 0 Å². The van der Waals surface area contributed by atoms with E-state index in [2.05, 4.69) is 32.0 Å². The van der Waals surface area contributed by atoms with Crippen LogP contribution in [-0.2, 0) is 10.2 Å². The van der Waals surface area contributed by atoms with Crippen LogP contribution in [0.2, 0.25) is 0 Å². The second-order valence-electron chi connectivity index (χ2n) is 12.7. The van der Waals surface area contributed by atoms with Crippen LogP contribution >= 0.6 is 0 Å². The zero-order valence-electron chi connectivity index (χ0n) is 26.0. The van der Waals surface area contributed by atoms with Crippen molar-refractivity contribution >= 4 is 11.9 Å². The van der Waals surface area contributed by atoms with E-state index < -0.39 is 23.2 Å². The number of likely N-dealkylation sites (N-methyl/N-ethyl adjacent to an activating group) is 1. The molecule has 0 aromatic heterocycles. The van der Waals surface area contributed by atoms with E-state index in [0.717, 1.165) is 40.8 Å². The van der Waals surface area contributed by atoms with Crippen molar-refractivity contribution in [3.63, 3.8) is 0 Å². The van der Waals surface area contributed by atoms with E-state index in [4.69, 9.17) is 4.74 Å². The number of carboxylic acids is 1. The van der Waals surface area contributed by atoms with E-state index in [9.17, 15) is 19.8 Å². The van der Waals surface area contributed by atoms with Gasteiger partial charge in [0.05, 0.1) is 0 Å². The number of hydrogen-bond donors (Lipinski definition) is 2. The molecule has 0 saturated heterocycles. The Kier molecular flexibility index (Phi) is 9.39. The van der Waals surface area contributed by atoms with Crippen molar-refractivity contribution < 1.29 is 24.5 Å². The second-order valence-corrected chi connectivity index (χ2v) is 12.7. The first-order valence-corrected chi connectivity index (χ1v) is 13.9. The molecule has 216 valence electrons. The standard InChI is InChI=1S/C33H49NO5/c1-13-33(14-2,24-15-17-26(21(3)19-24)28(35)34(12)31(9,10)29(36)37)25-16-18-27(22(4)20-25)39-23(5)32(11,38)30(6,7)8/h15-20,23,38H,13-14H2,1-12H3,(H,36,37). The number of ether oxygens (including phenoxy) is 1. The average Bonchev–Trinajstić information content (AvgIpc) is 2.84. The van der Waals surface area contributed by atoms with Gasteiger partial charge in [-0.2, -0.15) is 0 Å². The largest absolute Gasteiger partial charge is 0.487 e. The number of carbonyl (C=O) groups is 2. The fourth-order valence-corrected chi connectivity index (χ4v) is 5.01. The molecule has 0 aliphatic heterocycles. The summed E-state index contributed by atoms with van der Waals surface area (Å²) in [7, 11) is 1.53. The molecule has 2 aromatic rings. The highest BCUT2D eigenvalue weighted by atomic mass is 16.5. The summed E-state index contributed by atoms with van der Waals surface area (Å²) in [5.41, 5.74) is 1.62. The van der Waals surface area contributed by atoms with Crippen LogP contribution in [0.25, 0.3) is 0 Å². The summed E-state index contributed by atoms with van der Waals surface area (Å²) in [4.78, 5) is 26.2. The predicted octanol–water partition coefficient (Wildman–Crippen LogP) is 6.91. The van der Waals surface area contributed by atoms with Gasteiger partial charge in [0.2, 0.25) is 0 Å². The van der Waals surface area contributed by atoms with Crippen molar-refractivity contribution in [2.45, 2.75) is 112 Å². The van der Waals surface area contributed by atoms with Gasteiger partial charge in [0, 0.05) is 18.0 Å². The van der Waals surface area contributed by atoms with Gasteiger partial charge >= 0.3 is 5.97 Å². The molecule has 0 bridgehead atoms. The third kappa shape index (κ3) is 6.01. The van der Waals surface area contributed by atoms with Gasteiger partial charge in [-0.15, -0.1) is 0 Å². The lowest BCUT2D eigenvalue weighted by molar-refractivity contribution is -0.147. The maximum atomic E-state index is 13.2. The molecule has 6 nitrogen and oxygen atoms in total. The SMILES string of the molecule is CCC(CC)(c1ccc(OC(C)C(C)(O)C(C)(C)C)c(C)c1)c1ccc(C(=O)N(C)C(C)(C)C(=O)O)c(C)c1. The number of hydrogen-bond acceptors (Lipinski definition) is 4. The van der Waals surface area contributed by atoms with Crippen molar-refractivity contribution in [1.82, 2.24) is 4.90 Å². The monoisotopic (exact) mass is 539 g/mol. The number of aliphatic hydroxyl groups is 1. The highest BCUT2D eigenvalue weighted by molar-refractivity contribution is 5.98. The number of amides is 1. The van der Waals surface area contributed by atoms with Gasteiger partial charge in [0.1, 0.15) is 23.0 Å². The van der Waals surface area contributed by atoms with E-state index in [1.165, 1.54) is 25.8 Å². The molecule has 0 fully saturated rings. The molecule has 0 aliphatic carbocycles. The fourth-order valence-electron chi connectivity index (χ4n) is 5.01. The minimum Gasteiger partial charge on any atom is -0.487 e. The molecule has 0 radical (unpaired) electrons. The molecular formula is C33H49NO5. The quantitative estimate of drug-likeness (QED) is 0.343. The third-order valence-corrected chi connectivity index (χ3v) is 9.22. The first kappa shape index (κ1) is 32.4. The van der Waals surface area contributed by atoms with Gasteiger partial charge in [-0.1, -0.05) is 58.9 Å². The molecule has 6 heteroatoms. The van der Waals surface area contributed by atoms with E-state index in [1.807, 2.05) is 66.7 Å². The Morgan fingerprint density at radius 2 is 1.38 bits per heavy atom. The predicted molar refractivity (Wildman–Crippen MR) is 158 cm³/mol. The highest BCUT2D eigenvalue weighted by Crippen LogP contribution is 2.42. The van der Waals surface area contributed by atoms with Crippen LogP contribution in [0.3, 0.4) is 0 Å². The second kappa shape index (κ2) is 11.3. The van der Waals surface area contributed by atoms with E-state index in [0.29, 0.717) is 5.56 Å². The van der Waals surface area contributed by atoms with Crippen LogP contribution in [-0.4, -0.2) is 51.3 Å². The third-order valence-electron chi connectivity index (χ3n) is 9.22. The highest BCUT2D eigenvalue weighted by Gasteiger charge is 2.42. The Balaban J connectivity index is 2.48. The van der Waals surface area contributed by atoms with Gasteiger partial charge in [0.25, 0.3) is 5.91 Å². The summed E-state index contributed by atoms with van der Waals surface area (Å²) in [6.07, 6.45) is 1.31. The van der Waals surface area contributed by atoms with Gasteiger partial charge in [0.15, 0.2) is 0 Å². The fraction of sp³-hybridized carbons (Fsp3) is 0.576. The van der Waals surface area contributed by atoms with Crippen molar-refractivity contribution in [3.05, 3.63) is 64.2 Å². The topological polar surface area (TPSA) is 87.1 Å². The summed E-state index contributed by atoms with van der Waals surface area (Å²) < 4.78 is 6.27. The lowest BCUT2D eigenvalue weighted by Gasteiger charge is -2.41. The number of carbonyl (C=O) groups excluding carboxylic acids is 1. The number of rotatable bonds is 10. The summed E-state index contributed by atoms with van der Waals surface area (Å²) in [6.45, 7) is 21.1. The molecule has 2 rings (SSSR count). The Morgan fingerprint density at radius 3 is 1.79 bits per heavy atom. The van der Waals surface area contributed by atoms with Crippen LogP contribution in [0.4, 0.5) is 0 Å². The maximum Gasteiger partial charge on any atom is 0.329 e. The zero-order valence-corrected chi connectivity index (χ0v) is 26.0. The molecule has 39 heavy (non-hydrogen) atoms. The summed E-state index contributed by atoms with van der Waals surface area (Å²) in [5.74, 6) is -0.622. The van der Waals surface area contributed by atoms with E-state index in [-0.39, 0.29) is 16.7 Å².